The second kappa shape index (κ2) is 9.45. The highest BCUT2D eigenvalue weighted by atomic mass is 16.6. The predicted octanol–water partition coefficient (Wildman–Crippen LogP) is 1.76. The molecule has 2 aliphatic rings. The van der Waals surface area contributed by atoms with Gasteiger partial charge in [-0.2, -0.15) is 0 Å². The number of likely N-dealkylation sites (tertiary alicyclic amines) is 1. The van der Waals surface area contributed by atoms with E-state index in [1.54, 1.807) is 23.1 Å². The van der Waals surface area contributed by atoms with Gasteiger partial charge in [0, 0.05) is 57.5 Å². The van der Waals surface area contributed by atoms with Gasteiger partial charge in [0.1, 0.15) is 0 Å². The second-order valence-electron chi connectivity index (χ2n) is 7.23. The molecule has 0 saturated carbocycles. The molecule has 3 rings (SSSR count). The third-order valence-corrected chi connectivity index (χ3v) is 5.25. The van der Waals surface area contributed by atoms with E-state index >= 15 is 0 Å². The van der Waals surface area contributed by atoms with Crippen molar-refractivity contribution in [1.82, 2.24) is 14.7 Å². The van der Waals surface area contributed by atoms with Crippen LogP contribution in [0.4, 0.5) is 5.69 Å². The summed E-state index contributed by atoms with van der Waals surface area (Å²) in [7, 11) is 0. The number of benzene rings is 1. The Morgan fingerprint density at radius 2 is 1.71 bits per heavy atom. The first kappa shape index (κ1) is 20.0. The topological polar surface area (TPSA) is 87.0 Å². The Bertz CT molecular complexity index is 750. The van der Waals surface area contributed by atoms with Crippen LogP contribution in [0, 0.1) is 10.1 Å². The average Bonchev–Trinajstić information content (AvgIpc) is 2.73. The Morgan fingerprint density at radius 3 is 2.39 bits per heavy atom. The van der Waals surface area contributed by atoms with Gasteiger partial charge in [0.25, 0.3) is 5.69 Å². The van der Waals surface area contributed by atoms with Gasteiger partial charge in [0.2, 0.25) is 11.8 Å². The van der Waals surface area contributed by atoms with Crippen molar-refractivity contribution in [1.29, 1.82) is 0 Å². The van der Waals surface area contributed by atoms with E-state index in [-0.39, 0.29) is 17.5 Å². The quantitative estimate of drug-likeness (QED) is 0.437. The molecule has 1 aromatic carbocycles. The summed E-state index contributed by atoms with van der Waals surface area (Å²) in [5, 5.41) is 10.8. The molecule has 8 heteroatoms. The monoisotopic (exact) mass is 386 g/mol. The molecule has 2 aliphatic heterocycles. The molecule has 150 valence electrons. The summed E-state index contributed by atoms with van der Waals surface area (Å²) < 4.78 is 0. The van der Waals surface area contributed by atoms with Crippen molar-refractivity contribution in [3.05, 3.63) is 46.0 Å². The molecular formula is C20H26N4O4. The van der Waals surface area contributed by atoms with Crippen LogP contribution in [0.5, 0.6) is 0 Å². The van der Waals surface area contributed by atoms with E-state index in [4.69, 9.17) is 0 Å². The van der Waals surface area contributed by atoms with E-state index in [2.05, 4.69) is 4.90 Å². The minimum Gasteiger partial charge on any atom is -0.342 e. The van der Waals surface area contributed by atoms with Crippen molar-refractivity contribution in [2.24, 2.45) is 0 Å². The van der Waals surface area contributed by atoms with Crippen LogP contribution < -0.4 is 0 Å². The summed E-state index contributed by atoms with van der Waals surface area (Å²) >= 11 is 0. The summed E-state index contributed by atoms with van der Waals surface area (Å²) in [4.78, 5) is 40.9. The molecule has 2 heterocycles. The minimum absolute atomic E-state index is 0.00147. The lowest BCUT2D eigenvalue weighted by molar-refractivity contribution is -0.384. The van der Waals surface area contributed by atoms with E-state index < -0.39 is 4.92 Å². The van der Waals surface area contributed by atoms with Gasteiger partial charge < -0.3 is 9.80 Å². The zero-order valence-corrected chi connectivity index (χ0v) is 16.0. The fourth-order valence-corrected chi connectivity index (χ4v) is 3.58. The Kier molecular flexibility index (Phi) is 6.76. The molecule has 8 nitrogen and oxygen atoms in total. The number of carbonyl (C=O) groups excluding carboxylic acids is 2. The average molecular weight is 386 g/mol. The number of amides is 2. The molecule has 0 N–H and O–H groups in total. The molecule has 2 amide bonds. The fourth-order valence-electron chi connectivity index (χ4n) is 3.58. The number of piperazine rings is 1. The number of nitrogens with zero attached hydrogens (tertiary/aromatic N) is 4. The van der Waals surface area contributed by atoms with E-state index in [9.17, 15) is 19.7 Å². The lowest BCUT2D eigenvalue weighted by Gasteiger charge is -2.35. The van der Waals surface area contributed by atoms with Gasteiger partial charge in [-0.05, 0) is 30.9 Å². The zero-order valence-electron chi connectivity index (χ0n) is 16.0. The molecule has 2 saturated heterocycles. The fraction of sp³-hybridized carbons (Fsp3) is 0.500. The first-order valence-corrected chi connectivity index (χ1v) is 9.74. The van der Waals surface area contributed by atoms with Crippen LogP contribution in [0.25, 0.3) is 6.08 Å². The first-order chi connectivity index (χ1) is 13.5. The van der Waals surface area contributed by atoms with Gasteiger partial charge in [0.05, 0.1) is 11.5 Å². The lowest BCUT2D eigenvalue weighted by Crippen LogP contribution is -2.51. The molecule has 0 aliphatic carbocycles. The highest BCUT2D eigenvalue weighted by molar-refractivity contribution is 5.92. The maximum atomic E-state index is 12.4. The van der Waals surface area contributed by atoms with Gasteiger partial charge in [-0.1, -0.05) is 12.1 Å². The van der Waals surface area contributed by atoms with Crippen molar-refractivity contribution in [2.75, 3.05) is 45.8 Å². The van der Waals surface area contributed by atoms with Gasteiger partial charge in [-0.25, -0.2) is 0 Å². The standard InChI is InChI=1S/C20H26N4O4/c25-19(8-7-17-5-4-6-18(15-17)24(27)28)23-13-11-21(12-14-23)16-20(26)22-9-2-1-3-10-22/h4-8,15H,1-3,9-14,16H2/b8-7+. The Hall–Kier alpha value is -2.74. The van der Waals surface area contributed by atoms with Crippen molar-refractivity contribution in [3.63, 3.8) is 0 Å². The predicted molar refractivity (Wildman–Crippen MR) is 106 cm³/mol. The summed E-state index contributed by atoms with van der Waals surface area (Å²) in [5.74, 6) is 0.0681. The molecule has 0 unspecified atom stereocenters. The number of hydrogen-bond donors (Lipinski definition) is 0. The second-order valence-corrected chi connectivity index (χ2v) is 7.23. The van der Waals surface area contributed by atoms with E-state index in [1.165, 1.54) is 24.6 Å². The maximum absolute atomic E-state index is 12.4. The van der Waals surface area contributed by atoms with Gasteiger partial charge >= 0.3 is 0 Å². The molecule has 1 aromatic rings. The molecule has 0 bridgehead atoms. The number of rotatable bonds is 5. The van der Waals surface area contributed by atoms with Crippen molar-refractivity contribution >= 4 is 23.6 Å². The molecular weight excluding hydrogens is 360 g/mol. The molecule has 0 spiro atoms. The number of nitro benzene ring substituents is 1. The molecule has 28 heavy (non-hydrogen) atoms. The largest absolute Gasteiger partial charge is 0.342 e. The van der Waals surface area contributed by atoms with Crippen LogP contribution in [-0.2, 0) is 9.59 Å². The van der Waals surface area contributed by atoms with E-state index in [0.717, 1.165) is 25.9 Å². The van der Waals surface area contributed by atoms with E-state index in [1.807, 2.05) is 4.90 Å². The Morgan fingerprint density at radius 1 is 1.00 bits per heavy atom. The first-order valence-electron chi connectivity index (χ1n) is 9.74. The minimum atomic E-state index is -0.455. The van der Waals surface area contributed by atoms with Crippen LogP contribution in [0.2, 0.25) is 0 Å². The zero-order chi connectivity index (χ0) is 19.9. The highest BCUT2D eigenvalue weighted by Gasteiger charge is 2.24. The molecule has 0 atom stereocenters. The van der Waals surface area contributed by atoms with Gasteiger partial charge in [-0.3, -0.25) is 24.6 Å². The smallest absolute Gasteiger partial charge is 0.270 e. The molecule has 0 radical (unpaired) electrons. The van der Waals surface area contributed by atoms with Crippen LogP contribution in [-0.4, -0.2) is 77.3 Å². The van der Waals surface area contributed by atoms with Crippen LogP contribution in [0.1, 0.15) is 24.8 Å². The molecule has 2 fully saturated rings. The van der Waals surface area contributed by atoms with Crippen molar-refractivity contribution in [2.45, 2.75) is 19.3 Å². The van der Waals surface area contributed by atoms with Gasteiger partial charge in [-0.15, -0.1) is 0 Å². The van der Waals surface area contributed by atoms with E-state index in [0.29, 0.717) is 38.3 Å². The molecule has 0 aromatic heterocycles. The van der Waals surface area contributed by atoms with Crippen molar-refractivity contribution < 1.29 is 14.5 Å². The highest BCUT2D eigenvalue weighted by Crippen LogP contribution is 2.15. The van der Waals surface area contributed by atoms with Crippen LogP contribution in [0.3, 0.4) is 0 Å². The van der Waals surface area contributed by atoms with Crippen LogP contribution >= 0.6 is 0 Å². The van der Waals surface area contributed by atoms with Crippen molar-refractivity contribution in [3.8, 4) is 0 Å². The SMILES string of the molecule is O=C(/C=C/c1cccc([N+](=O)[O-])c1)N1CCN(CC(=O)N2CCCCC2)CC1. The summed E-state index contributed by atoms with van der Waals surface area (Å²) in [6.07, 6.45) is 6.43. The summed E-state index contributed by atoms with van der Waals surface area (Å²) in [6, 6.07) is 6.18. The summed E-state index contributed by atoms with van der Waals surface area (Å²) in [6.45, 7) is 4.65. The Labute approximate surface area is 164 Å². The number of carbonyl (C=O) groups is 2. The third kappa shape index (κ3) is 5.39. The lowest BCUT2D eigenvalue weighted by atomic mass is 10.1. The number of hydrogen-bond acceptors (Lipinski definition) is 5. The number of piperidine rings is 1. The maximum Gasteiger partial charge on any atom is 0.270 e. The summed E-state index contributed by atoms with van der Waals surface area (Å²) in [5.41, 5.74) is 0.620. The Balaban J connectivity index is 1.46. The number of nitro groups is 1. The normalized spacial score (nSPS) is 18.4. The van der Waals surface area contributed by atoms with Crippen LogP contribution in [0.15, 0.2) is 30.3 Å². The van der Waals surface area contributed by atoms with Gasteiger partial charge in [0.15, 0.2) is 0 Å². The number of non-ortho nitro benzene ring substituents is 1. The third-order valence-electron chi connectivity index (χ3n) is 5.25.